The number of hydrogen-bond acceptors (Lipinski definition) is 4. The van der Waals surface area contributed by atoms with Gasteiger partial charge in [-0.25, -0.2) is 0 Å². The molecule has 0 aromatic rings. The van der Waals surface area contributed by atoms with Gasteiger partial charge in [-0.3, -0.25) is 4.79 Å². The minimum atomic E-state index is -0.952. The molecule has 322 valence electrons. The molecule has 0 aromatic carbocycles. The molecule has 0 aromatic heterocycles. The van der Waals surface area contributed by atoms with Crippen molar-refractivity contribution in [3.05, 3.63) is 48.6 Å². The molecule has 5 nitrogen and oxygen atoms in total. The van der Waals surface area contributed by atoms with Crippen molar-refractivity contribution in [1.29, 1.82) is 0 Å². The Balaban J connectivity index is 3.62. The standard InChI is InChI=1S/C50H93NO4/c1-3-5-7-9-11-13-15-17-18-19-20-21-22-23-24-25-26-27-28-29-30-32-33-35-37-39-41-43-47(53)45-50(55)51-48(46-52)49(54)44-42-40-38-36-34-31-16-14-12-10-8-6-4-2/h20-21,23-24,34,36,42,44,47-49,52-54H,3-19,22,25-33,35,37-41,43,45-46H2,1-2H3,(H,51,55)/b21-20-,24-23-,36-34+,44-42+. The van der Waals surface area contributed by atoms with Crippen molar-refractivity contribution < 1.29 is 20.1 Å². The van der Waals surface area contributed by atoms with Crippen LogP contribution in [0.3, 0.4) is 0 Å². The molecule has 0 aliphatic heterocycles. The van der Waals surface area contributed by atoms with E-state index in [1.807, 2.05) is 6.08 Å². The van der Waals surface area contributed by atoms with Crippen molar-refractivity contribution >= 4 is 5.91 Å². The minimum Gasteiger partial charge on any atom is -0.394 e. The Morgan fingerprint density at radius 2 is 0.836 bits per heavy atom. The molecule has 4 N–H and O–H groups in total. The van der Waals surface area contributed by atoms with E-state index >= 15 is 0 Å². The SMILES string of the molecule is CCCCCCCCC/C=C/CC/C=C/C(O)C(CO)NC(=O)CC(O)CCCCCCCCCCCCC/C=C\C/C=C\CCCCCCCCCCC. The summed E-state index contributed by atoms with van der Waals surface area (Å²) in [6.07, 6.45) is 58.4. The number of allylic oxidation sites excluding steroid dienone is 7. The second-order valence-electron chi connectivity index (χ2n) is 16.4. The van der Waals surface area contributed by atoms with Crippen LogP contribution in [0.5, 0.6) is 0 Å². The van der Waals surface area contributed by atoms with E-state index in [0.29, 0.717) is 6.42 Å². The summed E-state index contributed by atoms with van der Waals surface area (Å²) in [5.41, 5.74) is 0. The van der Waals surface area contributed by atoms with Crippen molar-refractivity contribution in [3.8, 4) is 0 Å². The lowest BCUT2D eigenvalue weighted by Crippen LogP contribution is -2.45. The summed E-state index contributed by atoms with van der Waals surface area (Å²) in [6.45, 7) is 4.19. The highest BCUT2D eigenvalue weighted by atomic mass is 16.3. The first-order chi connectivity index (χ1) is 27.0. The highest BCUT2D eigenvalue weighted by molar-refractivity contribution is 5.76. The maximum absolute atomic E-state index is 12.4. The predicted molar refractivity (Wildman–Crippen MR) is 241 cm³/mol. The molecule has 3 unspecified atom stereocenters. The van der Waals surface area contributed by atoms with Crippen molar-refractivity contribution in [3.63, 3.8) is 0 Å². The molecule has 3 atom stereocenters. The highest BCUT2D eigenvalue weighted by Crippen LogP contribution is 2.15. The summed E-state index contributed by atoms with van der Waals surface area (Å²) in [4.78, 5) is 12.4. The van der Waals surface area contributed by atoms with Crippen molar-refractivity contribution in [1.82, 2.24) is 5.32 Å². The molecule has 0 radical (unpaired) electrons. The molecular weight excluding hydrogens is 679 g/mol. The third kappa shape index (κ3) is 41.8. The number of aliphatic hydroxyl groups is 3. The number of hydrogen-bond donors (Lipinski definition) is 4. The molecule has 5 heteroatoms. The fourth-order valence-corrected chi connectivity index (χ4v) is 7.15. The molecular formula is C50H93NO4. The summed E-state index contributed by atoms with van der Waals surface area (Å²) in [6, 6.07) is -0.762. The van der Waals surface area contributed by atoms with E-state index in [4.69, 9.17) is 0 Å². The third-order valence-corrected chi connectivity index (χ3v) is 10.8. The average Bonchev–Trinajstić information content (AvgIpc) is 3.18. The number of unbranched alkanes of at least 4 members (excludes halogenated alkanes) is 28. The van der Waals surface area contributed by atoms with Gasteiger partial charge in [-0.1, -0.05) is 217 Å². The van der Waals surface area contributed by atoms with Gasteiger partial charge in [0.05, 0.1) is 31.3 Å². The summed E-state index contributed by atoms with van der Waals surface area (Å²) in [5.74, 6) is -0.328. The Morgan fingerprint density at radius 1 is 0.473 bits per heavy atom. The van der Waals surface area contributed by atoms with Crippen molar-refractivity contribution in [2.75, 3.05) is 6.61 Å². The number of rotatable bonds is 43. The van der Waals surface area contributed by atoms with Gasteiger partial charge in [0.25, 0.3) is 0 Å². The van der Waals surface area contributed by atoms with Crippen molar-refractivity contribution in [2.45, 2.75) is 257 Å². The summed E-state index contributed by atoms with van der Waals surface area (Å²) in [5, 5.41) is 33.2. The van der Waals surface area contributed by atoms with E-state index in [9.17, 15) is 20.1 Å². The van der Waals surface area contributed by atoms with E-state index in [1.165, 1.54) is 173 Å². The van der Waals surface area contributed by atoms with Gasteiger partial charge in [-0.05, 0) is 64.2 Å². The zero-order valence-corrected chi connectivity index (χ0v) is 36.6. The zero-order chi connectivity index (χ0) is 40.1. The summed E-state index contributed by atoms with van der Waals surface area (Å²) >= 11 is 0. The molecule has 1 amide bonds. The number of carbonyl (C=O) groups is 1. The van der Waals surface area contributed by atoms with Gasteiger partial charge in [0.2, 0.25) is 5.91 Å². The Morgan fingerprint density at radius 3 is 1.27 bits per heavy atom. The molecule has 0 aliphatic carbocycles. The van der Waals surface area contributed by atoms with Crippen LogP contribution >= 0.6 is 0 Å². The van der Waals surface area contributed by atoms with Crippen LogP contribution in [0.2, 0.25) is 0 Å². The lowest BCUT2D eigenvalue weighted by Gasteiger charge is -2.21. The lowest BCUT2D eigenvalue weighted by molar-refractivity contribution is -0.124. The van der Waals surface area contributed by atoms with Crippen molar-refractivity contribution in [2.24, 2.45) is 0 Å². The molecule has 0 spiro atoms. The Hall–Kier alpha value is -1.69. The zero-order valence-electron chi connectivity index (χ0n) is 36.6. The average molecular weight is 772 g/mol. The topological polar surface area (TPSA) is 89.8 Å². The van der Waals surface area contributed by atoms with Gasteiger partial charge in [-0.2, -0.15) is 0 Å². The monoisotopic (exact) mass is 772 g/mol. The number of carbonyl (C=O) groups excluding carboxylic acids is 1. The number of nitrogens with one attached hydrogen (secondary N) is 1. The predicted octanol–water partition coefficient (Wildman–Crippen LogP) is 14.1. The molecule has 0 saturated carbocycles. The quantitative estimate of drug-likeness (QED) is 0.0367. The Labute approximate surface area is 342 Å². The normalized spacial score (nSPS) is 13.9. The van der Waals surface area contributed by atoms with Gasteiger partial charge in [0, 0.05) is 0 Å². The number of amides is 1. The van der Waals surface area contributed by atoms with E-state index < -0.39 is 18.2 Å². The van der Waals surface area contributed by atoms with Crippen LogP contribution in [0.25, 0.3) is 0 Å². The molecule has 0 bridgehead atoms. The van der Waals surface area contributed by atoms with Gasteiger partial charge in [0.1, 0.15) is 0 Å². The first kappa shape index (κ1) is 53.3. The van der Waals surface area contributed by atoms with E-state index in [2.05, 4.69) is 55.6 Å². The summed E-state index contributed by atoms with van der Waals surface area (Å²) < 4.78 is 0. The van der Waals surface area contributed by atoms with E-state index in [-0.39, 0.29) is 18.9 Å². The Bertz CT molecular complexity index is 896. The number of aliphatic hydroxyl groups excluding tert-OH is 3. The van der Waals surface area contributed by atoms with Crippen LogP contribution in [0.15, 0.2) is 48.6 Å². The molecule has 0 saturated heterocycles. The largest absolute Gasteiger partial charge is 0.394 e. The van der Waals surface area contributed by atoms with Gasteiger partial charge >= 0.3 is 0 Å². The highest BCUT2D eigenvalue weighted by Gasteiger charge is 2.20. The Kier molecular flexibility index (Phi) is 43.6. The van der Waals surface area contributed by atoms with Crippen LogP contribution in [-0.4, -0.2) is 46.1 Å². The van der Waals surface area contributed by atoms with Crippen LogP contribution in [0.4, 0.5) is 0 Å². The maximum Gasteiger partial charge on any atom is 0.222 e. The lowest BCUT2D eigenvalue weighted by atomic mass is 10.0. The molecule has 55 heavy (non-hydrogen) atoms. The molecule has 0 aliphatic rings. The first-order valence-corrected chi connectivity index (χ1v) is 23.9. The fraction of sp³-hybridized carbons (Fsp3) is 0.820. The van der Waals surface area contributed by atoms with Crippen LogP contribution in [-0.2, 0) is 4.79 Å². The first-order valence-electron chi connectivity index (χ1n) is 23.9. The van der Waals surface area contributed by atoms with Gasteiger partial charge in [0.15, 0.2) is 0 Å². The molecule has 0 heterocycles. The smallest absolute Gasteiger partial charge is 0.222 e. The second-order valence-corrected chi connectivity index (χ2v) is 16.4. The third-order valence-electron chi connectivity index (χ3n) is 10.8. The van der Waals surface area contributed by atoms with Gasteiger partial charge < -0.3 is 20.6 Å². The van der Waals surface area contributed by atoms with Crippen LogP contribution in [0, 0.1) is 0 Å². The van der Waals surface area contributed by atoms with Crippen LogP contribution < -0.4 is 5.32 Å². The van der Waals surface area contributed by atoms with Crippen LogP contribution in [0.1, 0.15) is 239 Å². The maximum atomic E-state index is 12.4. The molecule has 0 rings (SSSR count). The second kappa shape index (κ2) is 45.0. The van der Waals surface area contributed by atoms with E-state index in [0.717, 1.165) is 38.5 Å². The van der Waals surface area contributed by atoms with Gasteiger partial charge in [-0.15, -0.1) is 0 Å². The molecule has 0 fully saturated rings. The fourth-order valence-electron chi connectivity index (χ4n) is 7.15. The summed E-state index contributed by atoms with van der Waals surface area (Å²) in [7, 11) is 0. The van der Waals surface area contributed by atoms with E-state index in [1.54, 1.807) is 6.08 Å². The minimum absolute atomic E-state index is 0.00355.